The zero-order valence-electron chi connectivity index (χ0n) is 8.91. The highest BCUT2D eigenvalue weighted by Gasteiger charge is 2.24. The SMILES string of the molecule is COc1ccc(C(=O)[S+]([O-])SCC(=O)O)cc1. The molecule has 17 heavy (non-hydrogen) atoms. The van der Waals surface area contributed by atoms with Crippen molar-refractivity contribution in [3.8, 4) is 5.75 Å². The molecule has 0 aliphatic heterocycles. The Labute approximate surface area is 105 Å². The van der Waals surface area contributed by atoms with Gasteiger partial charge in [-0.2, -0.15) is 0 Å². The molecule has 92 valence electrons. The summed E-state index contributed by atoms with van der Waals surface area (Å²) in [5.74, 6) is -0.884. The quantitative estimate of drug-likeness (QED) is 0.643. The molecule has 7 heteroatoms. The Bertz CT molecular complexity index is 404. The third-order valence-corrected chi connectivity index (χ3v) is 4.33. The summed E-state index contributed by atoms with van der Waals surface area (Å²) in [4.78, 5) is 21.9. The fraction of sp³-hybridized carbons (Fsp3) is 0.200. The molecule has 1 rings (SSSR count). The lowest BCUT2D eigenvalue weighted by Crippen LogP contribution is -2.13. The molecule has 1 atom stereocenters. The Hall–Kier alpha value is -1.18. The van der Waals surface area contributed by atoms with Crippen molar-refractivity contribution in [3.63, 3.8) is 0 Å². The molecule has 1 N–H and O–H groups in total. The summed E-state index contributed by atoms with van der Waals surface area (Å²) in [6.45, 7) is 0. The minimum absolute atomic E-state index is 0.266. The van der Waals surface area contributed by atoms with Gasteiger partial charge in [0.1, 0.15) is 32.5 Å². The molecular weight excluding hydrogens is 264 g/mol. The minimum Gasteiger partial charge on any atom is -0.597 e. The average molecular weight is 274 g/mol. The first kappa shape index (κ1) is 13.9. The highest BCUT2D eigenvalue weighted by molar-refractivity contribution is 8.77. The molecule has 1 aromatic carbocycles. The first-order chi connectivity index (χ1) is 8.04. The van der Waals surface area contributed by atoms with Crippen molar-refractivity contribution in [2.45, 2.75) is 0 Å². The Morgan fingerprint density at radius 2 is 2.00 bits per heavy atom. The van der Waals surface area contributed by atoms with Crippen molar-refractivity contribution in [2.75, 3.05) is 12.9 Å². The highest BCUT2D eigenvalue weighted by Crippen LogP contribution is 2.20. The Balaban J connectivity index is 2.64. The summed E-state index contributed by atoms with van der Waals surface area (Å²) in [5.41, 5.74) is 0.266. The Kier molecular flexibility index (Phi) is 5.33. The van der Waals surface area contributed by atoms with Crippen molar-refractivity contribution < 1.29 is 24.0 Å². The van der Waals surface area contributed by atoms with Crippen LogP contribution in [0.3, 0.4) is 0 Å². The van der Waals surface area contributed by atoms with Crippen LogP contribution < -0.4 is 4.74 Å². The molecule has 0 aromatic heterocycles. The topological polar surface area (TPSA) is 86.7 Å². The summed E-state index contributed by atoms with van der Waals surface area (Å²) in [7, 11) is 0.198. The van der Waals surface area contributed by atoms with Gasteiger partial charge in [-0.05, 0) is 24.3 Å². The normalized spacial score (nSPS) is 11.9. The number of methoxy groups -OCH3 is 1. The Morgan fingerprint density at radius 1 is 1.41 bits per heavy atom. The summed E-state index contributed by atoms with van der Waals surface area (Å²) in [6, 6.07) is 6.12. The molecule has 0 bridgehead atoms. The van der Waals surface area contributed by atoms with E-state index in [0.29, 0.717) is 16.5 Å². The van der Waals surface area contributed by atoms with Gasteiger partial charge in [0.25, 0.3) is 0 Å². The average Bonchev–Trinajstić information content (AvgIpc) is 2.35. The monoisotopic (exact) mass is 274 g/mol. The molecule has 5 nitrogen and oxygen atoms in total. The number of hydrogen-bond acceptors (Lipinski definition) is 5. The fourth-order valence-corrected chi connectivity index (χ4v) is 2.86. The van der Waals surface area contributed by atoms with Crippen LogP contribution >= 0.6 is 10.8 Å². The Morgan fingerprint density at radius 3 is 2.47 bits per heavy atom. The van der Waals surface area contributed by atoms with Gasteiger partial charge in [0, 0.05) is 0 Å². The first-order valence-corrected chi connectivity index (χ1v) is 7.15. The molecule has 0 fully saturated rings. The van der Waals surface area contributed by atoms with Crippen molar-refractivity contribution in [1.29, 1.82) is 0 Å². The van der Waals surface area contributed by atoms with Gasteiger partial charge in [0.15, 0.2) is 0 Å². The standard InChI is InChI=1S/C10H10O5S2/c1-15-8-4-2-7(3-5-8)10(13)17(14)16-6-9(11)12/h2-5H,6H2,1H3,(H,11,12). The van der Waals surface area contributed by atoms with Gasteiger partial charge in [-0.25, -0.2) is 4.79 Å². The van der Waals surface area contributed by atoms with Gasteiger partial charge < -0.3 is 14.4 Å². The highest BCUT2D eigenvalue weighted by atomic mass is 33.1. The van der Waals surface area contributed by atoms with Crippen LogP contribution in [0.25, 0.3) is 0 Å². The molecular formula is C10H10O5S2. The minimum atomic E-state index is -1.89. The van der Waals surface area contributed by atoms with E-state index in [0.717, 1.165) is 0 Å². The molecule has 1 unspecified atom stereocenters. The second-order valence-corrected chi connectivity index (χ2v) is 5.89. The number of hydrogen-bond donors (Lipinski definition) is 1. The maximum Gasteiger partial charge on any atom is 0.372 e. The number of carbonyl (C=O) groups excluding carboxylic acids is 1. The van der Waals surface area contributed by atoms with Crippen LogP contribution in [0, 0.1) is 0 Å². The van der Waals surface area contributed by atoms with E-state index >= 15 is 0 Å². The zero-order chi connectivity index (χ0) is 12.8. The number of carboxylic acid groups (broad SMARTS) is 1. The molecule has 0 saturated carbocycles. The van der Waals surface area contributed by atoms with Gasteiger partial charge in [-0.15, -0.1) is 0 Å². The van der Waals surface area contributed by atoms with E-state index in [2.05, 4.69) is 0 Å². The maximum atomic E-state index is 11.6. The maximum absolute atomic E-state index is 11.6. The van der Waals surface area contributed by atoms with Crippen molar-refractivity contribution in [2.24, 2.45) is 0 Å². The van der Waals surface area contributed by atoms with E-state index in [1.165, 1.54) is 19.2 Å². The van der Waals surface area contributed by atoms with Crippen LogP contribution in [-0.4, -0.2) is 33.6 Å². The molecule has 0 aliphatic rings. The largest absolute Gasteiger partial charge is 0.597 e. The van der Waals surface area contributed by atoms with Gasteiger partial charge in [-0.3, -0.25) is 4.79 Å². The van der Waals surface area contributed by atoms with Gasteiger partial charge in [-0.1, -0.05) is 0 Å². The van der Waals surface area contributed by atoms with E-state index in [4.69, 9.17) is 9.84 Å². The second kappa shape index (κ2) is 6.53. The third kappa shape index (κ3) is 4.29. The fourth-order valence-electron chi connectivity index (χ4n) is 0.981. The van der Waals surface area contributed by atoms with Gasteiger partial charge in [0.2, 0.25) is 0 Å². The van der Waals surface area contributed by atoms with E-state index in [-0.39, 0.29) is 11.3 Å². The van der Waals surface area contributed by atoms with Crippen LogP contribution in [-0.2, 0) is 15.0 Å². The van der Waals surface area contributed by atoms with Crippen LogP contribution in [0.4, 0.5) is 0 Å². The summed E-state index contributed by atoms with van der Waals surface area (Å²) in [5, 5.41) is 7.80. The number of aliphatic carboxylic acids is 1. The van der Waals surface area contributed by atoms with Crippen LogP contribution in [0.1, 0.15) is 10.4 Å². The molecule has 0 radical (unpaired) electrons. The molecule has 0 aliphatic carbocycles. The number of benzene rings is 1. The van der Waals surface area contributed by atoms with Crippen molar-refractivity contribution >= 4 is 32.1 Å². The number of carbonyl (C=O) groups is 2. The van der Waals surface area contributed by atoms with Crippen LogP contribution in [0.15, 0.2) is 24.3 Å². The van der Waals surface area contributed by atoms with Crippen LogP contribution in [0.5, 0.6) is 5.75 Å². The summed E-state index contributed by atoms with van der Waals surface area (Å²) in [6.07, 6.45) is 0. The lowest BCUT2D eigenvalue weighted by molar-refractivity contribution is -0.133. The van der Waals surface area contributed by atoms with E-state index in [1.807, 2.05) is 0 Å². The van der Waals surface area contributed by atoms with Gasteiger partial charge in [0.05, 0.1) is 12.7 Å². The lowest BCUT2D eigenvalue weighted by atomic mass is 10.2. The molecule has 0 heterocycles. The number of carboxylic acids is 1. The molecule has 1 aromatic rings. The van der Waals surface area contributed by atoms with Crippen LogP contribution in [0.2, 0.25) is 0 Å². The second-order valence-electron chi connectivity index (χ2n) is 2.91. The third-order valence-electron chi connectivity index (χ3n) is 1.77. The van der Waals surface area contributed by atoms with Crippen molar-refractivity contribution in [3.05, 3.63) is 29.8 Å². The number of ether oxygens (including phenoxy) is 1. The summed E-state index contributed by atoms with van der Waals surface area (Å²) < 4.78 is 16.4. The van der Waals surface area contributed by atoms with Crippen molar-refractivity contribution in [1.82, 2.24) is 0 Å². The predicted octanol–water partition coefficient (Wildman–Crippen LogP) is 1.32. The van der Waals surface area contributed by atoms with E-state index < -0.39 is 21.3 Å². The smallest absolute Gasteiger partial charge is 0.372 e. The molecule has 0 spiro atoms. The lowest BCUT2D eigenvalue weighted by Gasteiger charge is -2.05. The summed E-state index contributed by atoms with van der Waals surface area (Å²) >= 11 is 0. The van der Waals surface area contributed by atoms with E-state index in [9.17, 15) is 14.1 Å². The number of rotatable bonds is 5. The zero-order valence-corrected chi connectivity index (χ0v) is 10.5. The molecule has 0 saturated heterocycles. The van der Waals surface area contributed by atoms with E-state index in [1.54, 1.807) is 12.1 Å². The molecule has 0 amide bonds. The first-order valence-electron chi connectivity index (χ1n) is 4.50. The van der Waals surface area contributed by atoms with Gasteiger partial charge >= 0.3 is 11.1 Å². The predicted molar refractivity (Wildman–Crippen MR) is 65.6 cm³/mol.